The average Bonchev–Trinajstić information content (AvgIpc) is 2.85. The van der Waals surface area contributed by atoms with Crippen LogP contribution in [-0.2, 0) is 10.0 Å². The van der Waals surface area contributed by atoms with Crippen molar-refractivity contribution in [3.05, 3.63) is 27.2 Å². The summed E-state index contributed by atoms with van der Waals surface area (Å²) in [6.07, 6.45) is 1.60. The predicted molar refractivity (Wildman–Crippen MR) is 81.9 cm³/mol. The van der Waals surface area contributed by atoms with Crippen LogP contribution >= 0.6 is 23.2 Å². The summed E-state index contributed by atoms with van der Waals surface area (Å²) in [5.41, 5.74) is 6.82. The van der Waals surface area contributed by atoms with E-state index in [0.29, 0.717) is 29.2 Å². The van der Waals surface area contributed by atoms with Gasteiger partial charge in [-0.2, -0.15) is 4.31 Å². The molecule has 1 aliphatic rings. The highest BCUT2D eigenvalue weighted by atomic mass is 35.5. The number of hydrogen-bond acceptors (Lipinski definition) is 3. The quantitative estimate of drug-likeness (QED) is 0.922. The minimum absolute atomic E-state index is 0.115. The molecule has 1 aromatic rings. The van der Waals surface area contributed by atoms with E-state index < -0.39 is 10.0 Å². The van der Waals surface area contributed by atoms with Crippen molar-refractivity contribution in [2.24, 2.45) is 5.73 Å². The van der Waals surface area contributed by atoms with Crippen molar-refractivity contribution >= 4 is 33.2 Å². The molecule has 0 radical (unpaired) electrons. The first-order valence-electron chi connectivity index (χ1n) is 6.47. The minimum atomic E-state index is -3.67. The molecule has 2 N–H and O–H groups in total. The molecular weight excluding hydrogens is 319 g/mol. The molecule has 1 heterocycles. The van der Waals surface area contributed by atoms with E-state index in [0.717, 1.165) is 12.8 Å². The lowest BCUT2D eigenvalue weighted by Gasteiger charge is -2.25. The second-order valence-electron chi connectivity index (χ2n) is 5.09. The van der Waals surface area contributed by atoms with Crippen LogP contribution in [0.3, 0.4) is 0 Å². The van der Waals surface area contributed by atoms with E-state index in [-0.39, 0.29) is 16.0 Å². The number of nitrogens with zero attached hydrogens (tertiary/aromatic N) is 1. The molecule has 1 aliphatic heterocycles. The Morgan fingerprint density at radius 1 is 1.40 bits per heavy atom. The number of nitrogens with two attached hydrogens (primary N) is 1. The predicted octanol–water partition coefficient (Wildman–Crippen LogP) is 2.72. The summed E-state index contributed by atoms with van der Waals surface area (Å²) in [6.45, 7) is 4.21. The number of hydrogen-bond donors (Lipinski definition) is 1. The van der Waals surface area contributed by atoms with Crippen LogP contribution in [0, 0.1) is 13.8 Å². The van der Waals surface area contributed by atoms with Crippen LogP contribution in [0.25, 0.3) is 0 Å². The van der Waals surface area contributed by atoms with Crippen molar-refractivity contribution in [2.45, 2.75) is 37.6 Å². The summed E-state index contributed by atoms with van der Waals surface area (Å²) >= 11 is 12.3. The van der Waals surface area contributed by atoms with E-state index in [1.165, 1.54) is 4.31 Å². The Bertz CT molecular complexity index is 605. The van der Waals surface area contributed by atoms with Crippen LogP contribution in [0.4, 0.5) is 0 Å². The second-order valence-corrected chi connectivity index (χ2v) is 7.70. The highest BCUT2D eigenvalue weighted by Gasteiger charge is 2.37. The van der Waals surface area contributed by atoms with Crippen LogP contribution in [0.15, 0.2) is 11.0 Å². The summed E-state index contributed by atoms with van der Waals surface area (Å²) in [4.78, 5) is 0.115. The van der Waals surface area contributed by atoms with Crippen LogP contribution in [0.2, 0.25) is 10.0 Å². The van der Waals surface area contributed by atoms with Crippen LogP contribution in [-0.4, -0.2) is 31.9 Å². The maximum Gasteiger partial charge on any atom is 0.245 e. The lowest BCUT2D eigenvalue weighted by Crippen LogP contribution is -2.40. The highest BCUT2D eigenvalue weighted by Crippen LogP contribution is 2.37. The zero-order chi connectivity index (χ0) is 15.1. The van der Waals surface area contributed by atoms with Gasteiger partial charge in [0.15, 0.2) is 0 Å². The van der Waals surface area contributed by atoms with E-state index >= 15 is 0 Å². The zero-order valence-corrected chi connectivity index (χ0v) is 13.8. The molecule has 1 atom stereocenters. The SMILES string of the molecule is Cc1cc(Cl)c(C)c(S(=O)(=O)N2CCCC2CN)c1Cl. The van der Waals surface area contributed by atoms with Gasteiger partial charge < -0.3 is 5.73 Å². The summed E-state index contributed by atoms with van der Waals surface area (Å²) in [5, 5.41) is 0.656. The second kappa shape index (κ2) is 5.81. The van der Waals surface area contributed by atoms with Crippen LogP contribution < -0.4 is 5.73 Å². The average molecular weight is 337 g/mol. The monoisotopic (exact) mass is 336 g/mol. The first-order valence-corrected chi connectivity index (χ1v) is 8.67. The van der Waals surface area contributed by atoms with Gasteiger partial charge >= 0.3 is 0 Å². The van der Waals surface area contributed by atoms with Crippen LogP contribution in [0.5, 0.6) is 0 Å². The molecule has 0 aromatic heterocycles. The fraction of sp³-hybridized carbons (Fsp3) is 0.538. The van der Waals surface area contributed by atoms with Gasteiger partial charge in [-0.3, -0.25) is 0 Å². The molecule has 0 spiro atoms. The lowest BCUT2D eigenvalue weighted by molar-refractivity contribution is 0.393. The molecule has 20 heavy (non-hydrogen) atoms. The van der Waals surface area contributed by atoms with Gasteiger partial charge in [0.05, 0.1) is 5.02 Å². The molecule has 0 saturated carbocycles. The van der Waals surface area contributed by atoms with Crippen molar-refractivity contribution in [3.8, 4) is 0 Å². The maximum absolute atomic E-state index is 12.9. The molecule has 112 valence electrons. The van der Waals surface area contributed by atoms with Gasteiger partial charge in [0.25, 0.3) is 0 Å². The fourth-order valence-corrected chi connectivity index (χ4v) is 5.47. The Morgan fingerprint density at radius 3 is 2.65 bits per heavy atom. The van der Waals surface area contributed by atoms with E-state index in [1.807, 2.05) is 0 Å². The Balaban J connectivity index is 2.61. The van der Waals surface area contributed by atoms with Gasteiger partial charge in [-0.25, -0.2) is 8.42 Å². The summed E-state index contributed by atoms with van der Waals surface area (Å²) in [7, 11) is -3.67. The fourth-order valence-electron chi connectivity index (χ4n) is 2.60. The van der Waals surface area contributed by atoms with Crippen molar-refractivity contribution in [3.63, 3.8) is 0 Å². The Morgan fingerprint density at radius 2 is 2.05 bits per heavy atom. The molecule has 2 rings (SSSR count). The highest BCUT2D eigenvalue weighted by molar-refractivity contribution is 7.89. The lowest BCUT2D eigenvalue weighted by atomic mass is 10.2. The molecule has 1 saturated heterocycles. The van der Waals surface area contributed by atoms with Gasteiger partial charge in [0.2, 0.25) is 10.0 Å². The molecule has 0 aliphatic carbocycles. The minimum Gasteiger partial charge on any atom is -0.329 e. The normalized spacial score (nSPS) is 20.6. The number of halogens is 2. The first-order chi connectivity index (χ1) is 9.30. The van der Waals surface area contributed by atoms with Crippen molar-refractivity contribution < 1.29 is 8.42 Å². The standard InChI is InChI=1S/C13H18Cl2N2O2S/c1-8-6-11(14)9(2)13(12(8)15)20(18,19)17-5-3-4-10(17)7-16/h6,10H,3-5,7,16H2,1-2H3. The molecule has 0 amide bonds. The molecule has 4 nitrogen and oxygen atoms in total. The summed E-state index contributed by atoms with van der Waals surface area (Å²) in [6, 6.07) is 1.53. The van der Waals surface area contributed by atoms with Gasteiger partial charge in [-0.1, -0.05) is 23.2 Å². The topological polar surface area (TPSA) is 63.4 Å². The number of rotatable bonds is 3. The summed E-state index contributed by atoms with van der Waals surface area (Å²) < 4.78 is 27.2. The smallest absolute Gasteiger partial charge is 0.245 e. The Kier molecular flexibility index (Phi) is 4.66. The van der Waals surface area contributed by atoms with E-state index in [4.69, 9.17) is 28.9 Å². The molecule has 1 aromatic carbocycles. The summed E-state index contributed by atoms with van der Waals surface area (Å²) in [5.74, 6) is 0. The third-order valence-corrected chi connectivity index (χ3v) is 6.87. The third-order valence-electron chi connectivity index (χ3n) is 3.75. The van der Waals surface area contributed by atoms with Crippen LogP contribution in [0.1, 0.15) is 24.0 Å². The number of aryl methyl sites for hydroxylation is 1. The third kappa shape index (κ3) is 2.57. The largest absolute Gasteiger partial charge is 0.329 e. The van der Waals surface area contributed by atoms with E-state index in [1.54, 1.807) is 19.9 Å². The molecular formula is C13H18Cl2N2O2S. The molecule has 1 unspecified atom stereocenters. The molecule has 7 heteroatoms. The maximum atomic E-state index is 12.9. The van der Waals surface area contributed by atoms with Gasteiger partial charge in [0.1, 0.15) is 4.90 Å². The van der Waals surface area contributed by atoms with E-state index in [2.05, 4.69) is 0 Å². The molecule has 0 bridgehead atoms. The first kappa shape index (κ1) is 16.0. The zero-order valence-electron chi connectivity index (χ0n) is 11.5. The van der Waals surface area contributed by atoms with Gasteiger partial charge in [-0.05, 0) is 43.9 Å². The number of sulfonamides is 1. The van der Waals surface area contributed by atoms with E-state index in [9.17, 15) is 8.42 Å². The van der Waals surface area contributed by atoms with Crippen molar-refractivity contribution in [2.75, 3.05) is 13.1 Å². The Labute approximate surface area is 129 Å². The van der Waals surface area contributed by atoms with Gasteiger partial charge in [-0.15, -0.1) is 0 Å². The van der Waals surface area contributed by atoms with Gasteiger partial charge in [0, 0.05) is 24.2 Å². The number of benzene rings is 1. The van der Waals surface area contributed by atoms with Crippen molar-refractivity contribution in [1.82, 2.24) is 4.31 Å². The molecule has 1 fully saturated rings. The Hall–Kier alpha value is -0.330. The van der Waals surface area contributed by atoms with Crippen molar-refractivity contribution in [1.29, 1.82) is 0 Å².